The van der Waals surface area contributed by atoms with Gasteiger partial charge >= 0.3 is 0 Å². The van der Waals surface area contributed by atoms with E-state index in [1.165, 1.54) is 30.7 Å². The highest BCUT2D eigenvalue weighted by Crippen LogP contribution is 2.64. The summed E-state index contributed by atoms with van der Waals surface area (Å²) in [5, 5.41) is 0. The Balaban J connectivity index is 2.03. The van der Waals surface area contributed by atoms with Crippen molar-refractivity contribution in [2.45, 2.75) is 33.1 Å². The number of rotatable bonds is 2. The maximum Gasteiger partial charge on any atom is 0.0149 e. The first-order chi connectivity index (χ1) is 9.16. The predicted octanol–water partition coefficient (Wildman–Crippen LogP) is 5.39. The first kappa shape index (κ1) is 13.2. The summed E-state index contributed by atoms with van der Waals surface area (Å²) < 4.78 is 0. The first-order valence-electron chi connectivity index (χ1n) is 7.23. The molecule has 2 saturated carbocycles. The maximum atomic E-state index is 5.88. The van der Waals surface area contributed by atoms with Crippen molar-refractivity contribution >= 4 is 11.6 Å². The zero-order chi connectivity index (χ0) is 13.5. The second-order valence-corrected chi connectivity index (χ2v) is 6.55. The van der Waals surface area contributed by atoms with E-state index in [0.29, 0.717) is 5.92 Å². The van der Waals surface area contributed by atoms with Gasteiger partial charge in [-0.3, -0.25) is 0 Å². The molecule has 2 radical (unpaired) electrons. The molecule has 1 aromatic carbocycles. The Morgan fingerprint density at radius 2 is 1.79 bits per heavy atom. The number of fused-ring (bicyclic) bond motifs is 1. The zero-order valence-electron chi connectivity index (χ0n) is 11.7. The third kappa shape index (κ3) is 2.05. The van der Waals surface area contributed by atoms with Crippen LogP contribution in [0.3, 0.4) is 0 Å². The summed E-state index contributed by atoms with van der Waals surface area (Å²) in [6.45, 7) is 4.72. The van der Waals surface area contributed by atoms with Crippen LogP contribution in [0.15, 0.2) is 41.9 Å². The molecule has 2 atom stereocenters. The van der Waals surface area contributed by atoms with Gasteiger partial charge in [0.1, 0.15) is 0 Å². The predicted molar refractivity (Wildman–Crippen MR) is 81.6 cm³/mol. The lowest BCUT2D eigenvalue weighted by atomic mass is 9.70. The van der Waals surface area contributed by atoms with Crippen LogP contribution in [0.4, 0.5) is 0 Å². The van der Waals surface area contributed by atoms with Crippen molar-refractivity contribution in [3.05, 3.63) is 59.3 Å². The van der Waals surface area contributed by atoms with Crippen molar-refractivity contribution in [3.8, 4) is 0 Å². The average Bonchev–Trinajstić information content (AvgIpc) is 2.92. The molecule has 2 aliphatic rings. The number of hydrogen-bond donors (Lipinski definition) is 0. The maximum absolute atomic E-state index is 5.88. The van der Waals surface area contributed by atoms with Gasteiger partial charge in [0.15, 0.2) is 0 Å². The molecule has 1 aromatic rings. The zero-order valence-corrected chi connectivity index (χ0v) is 12.5. The van der Waals surface area contributed by atoms with Crippen LogP contribution in [0.25, 0.3) is 0 Å². The van der Waals surface area contributed by atoms with Crippen LogP contribution in [0.5, 0.6) is 0 Å². The lowest BCUT2D eigenvalue weighted by Gasteiger charge is -2.33. The van der Waals surface area contributed by atoms with Crippen LogP contribution in [-0.2, 0) is 0 Å². The van der Waals surface area contributed by atoms with Gasteiger partial charge in [-0.1, -0.05) is 68.3 Å². The topological polar surface area (TPSA) is 0 Å². The highest BCUT2D eigenvalue weighted by Gasteiger charge is 2.56. The van der Waals surface area contributed by atoms with Gasteiger partial charge in [-0.05, 0) is 35.7 Å². The number of hydrogen-bond acceptors (Lipinski definition) is 0. The Hall–Kier alpha value is -0.750. The summed E-state index contributed by atoms with van der Waals surface area (Å²) >= 11 is 5.88. The molecule has 0 N–H and O–H groups in total. The molecular formula is C18H21Cl. The Kier molecular flexibility index (Phi) is 3.47. The third-order valence-electron chi connectivity index (χ3n) is 5.01. The van der Waals surface area contributed by atoms with Crippen molar-refractivity contribution in [1.82, 2.24) is 0 Å². The van der Waals surface area contributed by atoms with Crippen molar-refractivity contribution in [1.29, 1.82) is 0 Å². The smallest absolute Gasteiger partial charge is 0.0149 e. The highest BCUT2D eigenvalue weighted by molar-refractivity contribution is 6.25. The third-order valence-corrected chi connectivity index (χ3v) is 5.13. The summed E-state index contributed by atoms with van der Waals surface area (Å²) in [6.07, 6.45) is 6.15. The van der Waals surface area contributed by atoms with Crippen LogP contribution >= 0.6 is 11.6 Å². The minimum absolute atomic E-state index is 0.141. The normalized spacial score (nSPS) is 31.1. The standard InChI is InChI=1S/C18H21Cl/c1-18(2)16(11-12-19)14-9-6-10-15(14)17(18)13-7-4-3-5-8-13/h3-5,7-8,11-12,14-15H,6,9-10H2,1-2H3/b12-11+. The minimum Gasteiger partial charge on any atom is -0.0933 e. The molecule has 0 bridgehead atoms. The van der Waals surface area contributed by atoms with Crippen molar-refractivity contribution in [2.75, 3.05) is 0 Å². The quantitative estimate of drug-likeness (QED) is 0.677. The molecule has 0 spiro atoms. The van der Waals surface area contributed by atoms with Crippen LogP contribution in [0.2, 0.25) is 0 Å². The van der Waals surface area contributed by atoms with Crippen LogP contribution in [-0.4, -0.2) is 0 Å². The minimum atomic E-state index is 0.141. The molecule has 19 heavy (non-hydrogen) atoms. The molecule has 0 nitrogen and oxygen atoms in total. The van der Waals surface area contributed by atoms with E-state index in [1.807, 2.05) is 0 Å². The van der Waals surface area contributed by atoms with Crippen molar-refractivity contribution < 1.29 is 0 Å². The largest absolute Gasteiger partial charge is 0.0933 e. The fourth-order valence-electron chi connectivity index (χ4n) is 4.35. The summed E-state index contributed by atoms with van der Waals surface area (Å²) in [7, 11) is 0. The fraction of sp³-hybridized carbons (Fsp3) is 0.444. The molecule has 0 saturated heterocycles. The van der Waals surface area contributed by atoms with Crippen LogP contribution in [0, 0.1) is 29.1 Å². The van der Waals surface area contributed by atoms with Crippen LogP contribution < -0.4 is 0 Å². The van der Waals surface area contributed by atoms with Gasteiger partial charge in [-0.15, -0.1) is 0 Å². The molecule has 0 aliphatic heterocycles. The molecule has 3 rings (SSSR count). The molecule has 0 amide bonds. The lowest BCUT2D eigenvalue weighted by Crippen LogP contribution is -2.25. The van der Waals surface area contributed by atoms with Gasteiger partial charge in [0, 0.05) is 17.4 Å². The first-order valence-corrected chi connectivity index (χ1v) is 7.66. The van der Waals surface area contributed by atoms with E-state index in [9.17, 15) is 0 Å². The Bertz CT molecular complexity index is 460. The average molecular weight is 273 g/mol. The molecule has 2 aliphatic carbocycles. The van der Waals surface area contributed by atoms with E-state index in [-0.39, 0.29) is 5.41 Å². The molecular weight excluding hydrogens is 252 g/mol. The Morgan fingerprint density at radius 3 is 2.47 bits per heavy atom. The van der Waals surface area contributed by atoms with E-state index >= 15 is 0 Å². The molecule has 100 valence electrons. The lowest BCUT2D eigenvalue weighted by molar-refractivity contribution is 0.441. The van der Waals surface area contributed by atoms with Gasteiger partial charge < -0.3 is 0 Å². The fourth-order valence-corrected chi connectivity index (χ4v) is 4.49. The van der Waals surface area contributed by atoms with Gasteiger partial charge in [0.2, 0.25) is 0 Å². The second kappa shape index (κ2) is 4.98. The van der Waals surface area contributed by atoms with Crippen LogP contribution in [0.1, 0.15) is 38.7 Å². The molecule has 0 heterocycles. The summed E-state index contributed by atoms with van der Waals surface area (Å²) in [6, 6.07) is 10.9. The van der Waals surface area contributed by atoms with E-state index in [1.54, 1.807) is 11.5 Å². The van der Waals surface area contributed by atoms with E-state index in [4.69, 9.17) is 11.6 Å². The second-order valence-electron chi connectivity index (χ2n) is 6.30. The van der Waals surface area contributed by atoms with Crippen molar-refractivity contribution in [2.24, 2.45) is 17.3 Å². The van der Waals surface area contributed by atoms with Gasteiger partial charge in [-0.25, -0.2) is 0 Å². The van der Waals surface area contributed by atoms with Gasteiger partial charge in [0.05, 0.1) is 0 Å². The van der Waals surface area contributed by atoms with Gasteiger partial charge in [0.25, 0.3) is 0 Å². The van der Waals surface area contributed by atoms with E-state index < -0.39 is 0 Å². The number of halogens is 1. The molecule has 1 heteroatoms. The summed E-state index contributed by atoms with van der Waals surface area (Å²) in [5.74, 6) is 4.59. The van der Waals surface area contributed by atoms with Crippen molar-refractivity contribution in [3.63, 3.8) is 0 Å². The Labute approximate surface area is 121 Å². The highest BCUT2D eigenvalue weighted by atomic mass is 35.5. The SMILES string of the molecule is CC1(C)[C](/C=C/Cl)C2CCCC2[C]1c1ccccc1. The number of allylic oxidation sites excluding steroid dienone is 1. The molecule has 2 fully saturated rings. The van der Waals surface area contributed by atoms with E-state index in [2.05, 4.69) is 50.3 Å². The number of benzene rings is 1. The molecule has 0 aromatic heterocycles. The van der Waals surface area contributed by atoms with E-state index in [0.717, 1.165) is 5.92 Å². The molecule has 2 unspecified atom stereocenters. The summed E-state index contributed by atoms with van der Waals surface area (Å²) in [5.41, 5.74) is 3.26. The monoisotopic (exact) mass is 272 g/mol. The Morgan fingerprint density at radius 1 is 1.11 bits per heavy atom. The summed E-state index contributed by atoms with van der Waals surface area (Å²) in [4.78, 5) is 0. The van der Waals surface area contributed by atoms with Gasteiger partial charge in [-0.2, -0.15) is 0 Å².